The first-order valence-electron chi connectivity index (χ1n) is 6.90. The molecule has 0 heterocycles. The molecule has 1 saturated carbocycles. The minimum atomic E-state index is -0.778. The molecule has 1 aliphatic carbocycles. The molecule has 2 rings (SSSR count). The number of rotatable bonds is 6. The highest BCUT2D eigenvalue weighted by Crippen LogP contribution is 2.48. The highest BCUT2D eigenvalue weighted by Gasteiger charge is 2.51. The number of carbonyl (C=O) groups is 2. The van der Waals surface area contributed by atoms with Gasteiger partial charge in [0.15, 0.2) is 0 Å². The molecule has 0 unspecified atom stereocenters. The van der Waals surface area contributed by atoms with Crippen LogP contribution in [0, 0.1) is 0 Å². The molecule has 1 amide bonds. The van der Waals surface area contributed by atoms with Gasteiger partial charge in [-0.15, -0.1) is 0 Å². The molecule has 0 bridgehead atoms. The molecule has 1 aromatic carbocycles. The Morgan fingerprint density at radius 3 is 2.40 bits per heavy atom. The Bertz CT molecular complexity index is 506. The van der Waals surface area contributed by atoms with Crippen LogP contribution in [-0.4, -0.2) is 23.0 Å². The number of aliphatic carboxylic acids is 1. The summed E-state index contributed by atoms with van der Waals surface area (Å²) in [6.45, 7) is 1.98. The zero-order chi connectivity index (χ0) is 14.8. The van der Waals surface area contributed by atoms with E-state index < -0.39 is 17.4 Å². The maximum atomic E-state index is 11.8. The standard InChI is InChI=1S/C15H20N2O3/c1-2-3-12(16)13(18)17-11-6-4-10(5-7-11)15(8-9-15)14(19)20/h4-7,12H,2-3,8-9,16H2,1H3,(H,17,18)(H,19,20)/t12-/m1/s1. The van der Waals surface area contributed by atoms with Crippen molar-refractivity contribution in [2.45, 2.75) is 44.1 Å². The van der Waals surface area contributed by atoms with Crippen LogP contribution in [0.25, 0.3) is 0 Å². The van der Waals surface area contributed by atoms with Gasteiger partial charge in [-0.1, -0.05) is 25.5 Å². The number of nitrogens with one attached hydrogen (secondary N) is 1. The lowest BCUT2D eigenvalue weighted by Crippen LogP contribution is -2.35. The SMILES string of the molecule is CCC[C@@H](N)C(=O)Nc1ccc(C2(C(=O)O)CC2)cc1. The van der Waals surface area contributed by atoms with Gasteiger partial charge in [0.25, 0.3) is 0 Å². The molecule has 0 spiro atoms. The van der Waals surface area contributed by atoms with Gasteiger partial charge in [-0.3, -0.25) is 9.59 Å². The Kier molecular flexibility index (Phi) is 4.09. The maximum absolute atomic E-state index is 11.8. The largest absolute Gasteiger partial charge is 0.481 e. The lowest BCUT2D eigenvalue weighted by atomic mass is 9.96. The third-order valence-electron chi connectivity index (χ3n) is 3.80. The number of hydrogen-bond donors (Lipinski definition) is 3. The van der Waals surface area contributed by atoms with Crippen molar-refractivity contribution in [1.29, 1.82) is 0 Å². The summed E-state index contributed by atoms with van der Waals surface area (Å²) >= 11 is 0. The fraction of sp³-hybridized carbons (Fsp3) is 0.467. The van der Waals surface area contributed by atoms with E-state index in [9.17, 15) is 14.7 Å². The van der Waals surface area contributed by atoms with E-state index in [1.54, 1.807) is 24.3 Å². The molecule has 5 heteroatoms. The average molecular weight is 276 g/mol. The molecular weight excluding hydrogens is 256 g/mol. The molecule has 0 radical (unpaired) electrons. The van der Waals surface area contributed by atoms with E-state index >= 15 is 0 Å². The Morgan fingerprint density at radius 1 is 1.35 bits per heavy atom. The zero-order valence-corrected chi connectivity index (χ0v) is 11.6. The number of benzene rings is 1. The van der Waals surface area contributed by atoms with Crippen molar-refractivity contribution in [2.75, 3.05) is 5.32 Å². The molecule has 4 N–H and O–H groups in total. The fourth-order valence-electron chi connectivity index (χ4n) is 2.30. The lowest BCUT2D eigenvalue weighted by molar-refractivity contribution is -0.140. The van der Waals surface area contributed by atoms with E-state index in [1.807, 2.05) is 6.92 Å². The van der Waals surface area contributed by atoms with Gasteiger partial charge >= 0.3 is 5.97 Å². The Labute approximate surface area is 118 Å². The molecule has 0 saturated heterocycles. The van der Waals surface area contributed by atoms with Gasteiger partial charge in [0.2, 0.25) is 5.91 Å². The smallest absolute Gasteiger partial charge is 0.314 e. The first-order valence-corrected chi connectivity index (χ1v) is 6.90. The van der Waals surface area contributed by atoms with Crippen molar-refractivity contribution in [1.82, 2.24) is 0 Å². The molecule has 1 aliphatic rings. The van der Waals surface area contributed by atoms with Gasteiger partial charge in [0, 0.05) is 5.69 Å². The van der Waals surface area contributed by atoms with Crippen LogP contribution in [-0.2, 0) is 15.0 Å². The topological polar surface area (TPSA) is 92.4 Å². The molecule has 1 atom stereocenters. The Hall–Kier alpha value is -1.88. The number of nitrogens with two attached hydrogens (primary N) is 1. The molecule has 5 nitrogen and oxygen atoms in total. The highest BCUT2D eigenvalue weighted by atomic mass is 16.4. The number of carboxylic acids is 1. The van der Waals surface area contributed by atoms with Crippen LogP contribution in [0.4, 0.5) is 5.69 Å². The fourth-order valence-corrected chi connectivity index (χ4v) is 2.30. The molecule has 0 aromatic heterocycles. The summed E-state index contributed by atoms with van der Waals surface area (Å²) in [5.74, 6) is -0.988. The van der Waals surface area contributed by atoms with Crippen LogP contribution in [0.1, 0.15) is 38.2 Å². The summed E-state index contributed by atoms with van der Waals surface area (Å²) in [7, 11) is 0. The summed E-state index contributed by atoms with van der Waals surface area (Å²) in [6.07, 6.45) is 2.85. The van der Waals surface area contributed by atoms with Crippen molar-refractivity contribution < 1.29 is 14.7 Å². The average Bonchev–Trinajstić information content (AvgIpc) is 3.21. The highest BCUT2D eigenvalue weighted by molar-refractivity contribution is 5.94. The summed E-state index contributed by atoms with van der Waals surface area (Å²) < 4.78 is 0. The van der Waals surface area contributed by atoms with E-state index in [0.717, 1.165) is 12.0 Å². The first-order chi connectivity index (χ1) is 9.49. The van der Waals surface area contributed by atoms with E-state index in [4.69, 9.17) is 5.73 Å². The Morgan fingerprint density at radius 2 is 1.95 bits per heavy atom. The molecule has 108 valence electrons. The van der Waals surface area contributed by atoms with Gasteiger partial charge in [-0.2, -0.15) is 0 Å². The molecule has 1 aromatic rings. The van der Waals surface area contributed by atoms with Crippen molar-refractivity contribution in [3.05, 3.63) is 29.8 Å². The number of anilines is 1. The van der Waals surface area contributed by atoms with E-state index in [1.165, 1.54) is 0 Å². The predicted molar refractivity (Wildman–Crippen MR) is 76.5 cm³/mol. The van der Waals surface area contributed by atoms with E-state index in [-0.39, 0.29) is 5.91 Å². The van der Waals surface area contributed by atoms with Crippen molar-refractivity contribution in [3.63, 3.8) is 0 Å². The third-order valence-corrected chi connectivity index (χ3v) is 3.80. The summed E-state index contributed by atoms with van der Waals surface area (Å²) in [5, 5.41) is 12.0. The van der Waals surface area contributed by atoms with Crippen molar-refractivity contribution in [3.8, 4) is 0 Å². The molecular formula is C15H20N2O3. The Balaban J connectivity index is 2.02. The number of carboxylic acid groups (broad SMARTS) is 1. The van der Waals surface area contributed by atoms with Crippen LogP contribution in [0.5, 0.6) is 0 Å². The quantitative estimate of drug-likeness (QED) is 0.739. The van der Waals surface area contributed by atoms with E-state index in [2.05, 4.69) is 5.32 Å². The van der Waals surface area contributed by atoms with Gasteiger partial charge in [-0.25, -0.2) is 0 Å². The molecule has 0 aliphatic heterocycles. The minimum absolute atomic E-state index is 0.209. The van der Waals surface area contributed by atoms with Crippen LogP contribution < -0.4 is 11.1 Å². The lowest BCUT2D eigenvalue weighted by Gasteiger charge is -2.13. The monoisotopic (exact) mass is 276 g/mol. The van der Waals surface area contributed by atoms with Gasteiger partial charge in [0.1, 0.15) is 0 Å². The number of hydrogen-bond acceptors (Lipinski definition) is 3. The molecule has 20 heavy (non-hydrogen) atoms. The molecule has 1 fully saturated rings. The summed E-state index contributed by atoms with van der Waals surface area (Å²) in [6, 6.07) is 6.49. The van der Waals surface area contributed by atoms with Crippen LogP contribution in [0.15, 0.2) is 24.3 Å². The predicted octanol–water partition coefficient (Wildman–Crippen LogP) is 1.87. The normalized spacial score (nSPS) is 17.3. The second-order valence-corrected chi connectivity index (χ2v) is 5.35. The van der Waals surface area contributed by atoms with Crippen LogP contribution in [0.3, 0.4) is 0 Å². The summed E-state index contributed by atoms with van der Waals surface area (Å²) in [5.41, 5.74) is 6.46. The zero-order valence-electron chi connectivity index (χ0n) is 11.6. The van der Waals surface area contributed by atoms with Gasteiger partial charge in [0.05, 0.1) is 11.5 Å². The van der Waals surface area contributed by atoms with Crippen LogP contribution >= 0.6 is 0 Å². The van der Waals surface area contributed by atoms with Crippen molar-refractivity contribution >= 4 is 17.6 Å². The van der Waals surface area contributed by atoms with Gasteiger partial charge < -0.3 is 16.2 Å². The second kappa shape index (κ2) is 5.63. The van der Waals surface area contributed by atoms with Crippen molar-refractivity contribution in [2.24, 2.45) is 5.73 Å². The third kappa shape index (κ3) is 2.82. The number of carbonyl (C=O) groups excluding carboxylic acids is 1. The van der Waals surface area contributed by atoms with Gasteiger partial charge in [-0.05, 0) is 37.0 Å². The summed E-state index contributed by atoms with van der Waals surface area (Å²) in [4.78, 5) is 23.0. The second-order valence-electron chi connectivity index (χ2n) is 5.35. The first kappa shape index (κ1) is 14.5. The number of amides is 1. The minimum Gasteiger partial charge on any atom is -0.481 e. The van der Waals surface area contributed by atoms with Crippen LogP contribution in [0.2, 0.25) is 0 Å². The maximum Gasteiger partial charge on any atom is 0.314 e. The van der Waals surface area contributed by atoms with E-state index in [0.29, 0.717) is 24.9 Å².